The van der Waals surface area contributed by atoms with Crippen molar-refractivity contribution in [2.24, 2.45) is 0 Å². The van der Waals surface area contributed by atoms with Crippen molar-refractivity contribution in [3.8, 4) is 5.75 Å². The fourth-order valence-electron chi connectivity index (χ4n) is 1.78. The zero-order valence-corrected chi connectivity index (χ0v) is 12.5. The average Bonchev–Trinajstić information content (AvgIpc) is 2.43. The number of hydrogen-bond acceptors (Lipinski definition) is 2. The molecule has 0 heterocycles. The number of rotatable bonds is 5. The summed E-state index contributed by atoms with van der Waals surface area (Å²) in [7, 11) is 1.85. The van der Waals surface area contributed by atoms with Gasteiger partial charge in [-0.25, -0.2) is 8.78 Å². The molecule has 2 rings (SSSR count). The van der Waals surface area contributed by atoms with Gasteiger partial charge in [0.1, 0.15) is 24.0 Å². The van der Waals surface area contributed by atoms with Crippen LogP contribution >= 0.6 is 15.9 Å². The molecule has 0 fully saturated rings. The van der Waals surface area contributed by atoms with E-state index in [0.29, 0.717) is 12.3 Å². The predicted molar refractivity (Wildman–Crippen MR) is 77.6 cm³/mol. The number of nitrogens with one attached hydrogen (secondary N) is 1. The number of halogens is 3. The predicted octanol–water partition coefficient (Wildman–Crippen LogP) is 4.03. The second kappa shape index (κ2) is 6.81. The molecule has 0 aromatic heterocycles. The molecule has 0 aliphatic rings. The molecule has 0 unspecified atom stereocenters. The van der Waals surface area contributed by atoms with Crippen LogP contribution in [0.5, 0.6) is 5.75 Å². The van der Waals surface area contributed by atoms with Crippen molar-refractivity contribution in [1.29, 1.82) is 0 Å². The molecule has 0 aliphatic carbocycles. The third kappa shape index (κ3) is 3.77. The Balaban J connectivity index is 2.10. The van der Waals surface area contributed by atoms with E-state index in [1.807, 2.05) is 19.2 Å². The molecule has 2 aromatic rings. The first-order valence-corrected chi connectivity index (χ1v) is 6.89. The van der Waals surface area contributed by atoms with Gasteiger partial charge in [-0.05, 0) is 49.0 Å². The van der Waals surface area contributed by atoms with Gasteiger partial charge in [0.05, 0.1) is 0 Å². The van der Waals surface area contributed by atoms with Crippen LogP contribution in [0.3, 0.4) is 0 Å². The Morgan fingerprint density at radius 2 is 1.90 bits per heavy atom. The second-order valence-electron chi connectivity index (χ2n) is 4.31. The van der Waals surface area contributed by atoms with E-state index < -0.39 is 11.6 Å². The monoisotopic (exact) mass is 341 g/mol. The summed E-state index contributed by atoms with van der Waals surface area (Å²) in [6, 6.07) is 8.83. The molecular weight excluding hydrogens is 328 g/mol. The smallest absolute Gasteiger partial charge is 0.130 e. The second-order valence-corrected chi connectivity index (χ2v) is 5.16. The Labute approximate surface area is 124 Å². The van der Waals surface area contributed by atoms with E-state index in [4.69, 9.17) is 4.74 Å². The molecule has 106 valence electrons. The maximum atomic E-state index is 13.5. The fraction of sp³-hybridized carbons (Fsp3) is 0.200. The highest BCUT2D eigenvalue weighted by atomic mass is 79.9. The molecule has 0 saturated heterocycles. The van der Waals surface area contributed by atoms with E-state index in [9.17, 15) is 8.78 Å². The number of ether oxygens (including phenoxy) is 1. The van der Waals surface area contributed by atoms with E-state index in [1.54, 1.807) is 6.07 Å². The average molecular weight is 342 g/mol. The number of hydrogen-bond donors (Lipinski definition) is 1. The summed E-state index contributed by atoms with van der Waals surface area (Å²) in [5.74, 6) is -0.335. The van der Waals surface area contributed by atoms with Crippen LogP contribution in [-0.2, 0) is 13.2 Å². The van der Waals surface area contributed by atoms with Crippen LogP contribution in [0.1, 0.15) is 11.1 Å². The molecule has 0 aliphatic heterocycles. The molecular formula is C15H14BrF2NO. The van der Waals surface area contributed by atoms with Crippen molar-refractivity contribution in [2.75, 3.05) is 7.05 Å². The van der Waals surface area contributed by atoms with E-state index >= 15 is 0 Å². The van der Waals surface area contributed by atoms with Crippen LogP contribution < -0.4 is 10.1 Å². The first kappa shape index (κ1) is 14.9. The third-order valence-corrected chi connectivity index (χ3v) is 3.56. The van der Waals surface area contributed by atoms with Crippen molar-refractivity contribution in [3.63, 3.8) is 0 Å². The normalized spacial score (nSPS) is 10.6. The highest BCUT2D eigenvalue weighted by molar-refractivity contribution is 9.10. The van der Waals surface area contributed by atoms with Gasteiger partial charge in [0.2, 0.25) is 0 Å². The SMILES string of the molecule is CNCc1cc(OCc2cc(F)ccc2F)ccc1Br. The Kier molecular flexibility index (Phi) is 5.09. The van der Waals surface area contributed by atoms with Gasteiger partial charge in [0, 0.05) is 16.6 Å². The highest BCUT2D eigenvalue weighted by Gasteiger charge is 2.06. The van der Waals surface area contributed by atoms with Gasteiger partial charge in [-0.2, -0.15) is 0 Å². The summed E-state index contributed by atoms with van der Waals surface area (Å²) in [4.78, 5) is 0. The lowest BCUT2D eigenvalue weighted by Crippen LogP contribution is -2.06. The summed E-state index contributed by atoms with van der Waals surface area (Å²) in [5, 5.41) is 3.05. The zero-order valence-electron chi connectivity index (χ0n) is 10.9. The Hall–Kier alpha value is -1.46. The van der Waals surface area contributed by atoms with Crippen molar-refractivity contribution in [1.82, 2.24) is 5.32 Å². The van der Waals surface area contributed by atoms with Crippen LogP contribution in [0.2, 0.25) is 0 Å². The van der Waals surface area contributed by atoms with Gasteiger partial charge in [0.25, 0.3) is 0 Å². The molecule has 2 nitrogen and oxygen atoms in total. The summed E-state index contributed by atoms with van der Waals surface area (Å²) >= 11 is 3.44. The van der Waals surface area contributed by atoms with Crippen LogP contribution in [0, 0.1) is 11.6 Å². The quantitative estimate of drug-likeness (QED) is 0.886. The standard InChI is InChI=1S/C15H14BrF2NO/c1-19-8-10-7-13(3-4-14(10)16)20-9-11-6-12(17)2-5-15(11)18/h2-7,19H,8-9H2,1H3. The minimum Gasteiger partial charge on any atom is -0.489 e. The summed E-state index contributed by atoms with van der Waals surface area (Å²) in [6.45, 7) is 0.677. The summed E-state index contributed by atoms with van der Waals surface area (Å²) < 4.78 is 33.0. The van der Waals surface area contributed by atoms with E-state index in [2.05, 4.69) is 21.2 Å². The third-order valence-electron chi connectivity index (χ3n) is 2.79. The molecule has 0 atom stereocenters. The molecule has 0 saturated carbocycles. The Morgan fingerprint density at radius 3 is 2.65 bits per heavy atom. The largest absolute Gasteiger partial charge is 0.489 e. The van der Waals surface area contributed by atoms with Gasteiger partial charge in [-0.3, -0.25) is 0 Å². The van der Waals surface area contributed by atoms with E-state index in [-0.39, 0.29) is 12.2 Å². The Morgan fingerprint density at radius 1 is 1.10 bits per heavy atom. The van der Waals surface area contributed by atoms with Crippen LogP contribution in [0.25, 0.3) is 0 Å². The molecule has 0 spiro atoms. The van der Waals surface area contributed by atoms with Gasteiger partial charge in [-0.1, -0.05) is 15.9 Å². The summed E-state index contributed by atoms with van der Waals surface area (Å²) in [6.07, 6.45) is 0. The van der Waals surface area contributed by atoms with Crippen molar-refractivity contribution < 1.29 is 13.5 Å². The van der Waals surface area contributed by atoms with Crippen LogP contribution in [-0.4, -0.2) is 7.05 Å². The molecule has 2 aromatic carbocycles. The lowest BCUT2D eigenvalue weighted by Gasteiger charge is -2.10. The topological polar surface area (TPSA) is 21.3 Å². The summed E-state index contributed by atoms with van der Waals surface area (Å²) in [5.41, 5.74) is 1.23. The van der Waals surface area contributed by atoms with Crippen LogP contribution in [0.4, 0.5) is 8.78 Å². The van der Waals surface area contributed by atoms with Gasteiger partial charge in [0.15, 0.2) is 0 Å². The van der Waals surface area contributed by atoms with Crippen LogP contribution in [0.15, 0.2) is 40.9 Å². The van der Waals surface area contributed by atoms with E-state index in [0.717, 1.165) is 28.2 Å². The first-order valence-electron chi connectivity index (χ1n) is 6.10. The Bertz CT molecular complexity index is 604. The maximum Gasteiger partial charge on any atom is 0.130 e. The molecule has 0 amide bonds. The molecule has 0 radical (unpaired) electrons. The zero-order chi connectivity index (χ0) is 14.5. The molecule has 1 N–H and O–H groups in total. The minimum absolute atomic E-state index is 0.00970. The van der Waals surface area contributed by atoms with Gasteiger partial charge < -0.3 is 10.1 Å². The molecule has 5 heteroatoms. The number of benzene rings is 2. The first-order chi connectivity index (χ1) is 9.60. The molecule has 20 heavy (non-hydrogen) atoms. The molecule has 0 bridgehead atoms. The van der Waals surface area contributed by atoms with Crippen molar-refractivity contribution >= 4 is 15.9 Å². The van der Waals surface area contributed by atoms with Crippen molar-refractivity contribution in [2.45, 2.75) is 13.2 Å². The highest BCUT2D eigenvalue weighted by Crippen LogP contribution is 2.23. The van der Waals surface area contributed by atoms with Gasteiger partial charge in [-0.15, -0.1) is 0 Å². The van der Waals surface area contributed by atoms with Gasteiger partial charge >= 0.3 is 0 Å². The van der Waals surface area contributed by atoms with Crippen molar-refractivity contribution in [3.05, 3.63) is 63.6 Å². The minimum atomic E-state index is -0.475. The lowest BCUT2D eigenvalue weighted by atomic mass is 10.2. The van der Waals surface area contributed by atoms with E-state index in [1.165, 1.54) is 0 Å². The fourth-order valence-corrected chi connectivity index (χ4v) is 2.17. The lowest BCUT2D eigenvalue weighted by molar-refractivity contribution is 0.298. The maximum absolute atomic E-state index is 13.5.